The van der Waals surface area contributed by atoms with Crippen molar-refractivity contribution < 1.29 is 13.2 Å². The second kappa shape index (κ2) is 6.03. The molecule has 0 amide bonds. The Bertz CT molecular complexity index is 668. The molecule has 0 aromatic heterocycles. The molecular weight excluding hydrogens is 334 g/mol. The van der Waals surface area contributed by atoms with E-state index in [4.69, 9.17) is 16.3 Å². The summed E-state index contributed by atoms with van der Waals surface area (Å²) >= 11 is 5.91. The van der Waals surface area contributed by atoms with Crippen LogP contribution in [0.1, 0.15) is 32.1 Å². The van der Waals surface area contributed by atoms with Gasteiger partial charge in [0.25, 0.3) is 0 Å². The minimum Gasteiger partial charge on any atom is -0.378 e. The number of sulfonamides is 1. The number of hydrogen-bond acceptors (Lipinski definition) is 3. The normalized spacial score (nSPS) is 29.6. The highest BCUT2D eigenvalue weighted by molar-refractivity contribution is 7.89. The molecule has 1 heterocycles. The van der Waals surface area contributed by atoms with Crippen LogP contribution in [0.15, 0.2) is 29.2 Å². The van der Waals surface area contributed by atoms with Crippen molar-refractivity contribution in [2.75, 3.05) is 13.2 Å². The first-order valence-electron chi connectivity index (χ1n) is 8.42. The van der Waals surface area contributed by atoms with Crippen LogP contribution < -0.4 is 0 Å². The van der Waals surface area contributed by atoms with Gasteiger partial charge in [0, 0.05) is 11.1 Å². The molecule has 1 aliphatic heterocycles. The van der Waals surface area contributed by atoms with Crippen LogP contribution in [0.5, 0.6) is 0 Å². The predicted molar refractivity (Wildman–Crippen MR) is 88.9 cm³/mol. The van der Waals surface area contributed by atoms with E-state index in [-0.39, 0.29) is 12.1 Å². The second-order valence-electron chi connectivity index (χ2n) is 7.06. The zero-order valence-corrected chi connectivity index (χ0v) is 14.6. The van der Waals surface area contributed by atoms with Crippen LogP contribution in [0.4, 0.5) is 0 Å². The van der Waals surface area contributed by atoms with Gasteiger partial charge in [0.1, 0.15) is 0 Å². The molecule has 23 heavy (non-hydrogen) atoms. The van der Waals surface area contributed by atoms with Gasteiger partial charge in [-0.1, -0.05) is 24.4 Å². The van der Waals surface area contributed by atoms with Crippen LogP contribution in [0.3, 0.4) is 0 Å². The van der Waals surface area contributed by atoms with Crippen LogP contribution in [0, 0.1) is 11.8 Å². The molecule has 3 aliphatic rings. The van der Waals surface area contributed by atoms with Crippen molar-refractivity contribution >= 4 is 21.6 Å². The van der Waals surface area contributed by atoms with E-state index in [0.29, 0.717) is 35.0 Å². The molecule has 2 saturated carbocycles. The Morgan fingerprint density at radius 3 is 2.39 bits per heavy atom. The molecule has 0 unspecified atom stereocenters. The molecule has 2 aliphatic carbocycles. The number of halogens is 1. The van der Waals surface area contributed by atoms with E-state index in [2.05, 4.69) is 0 Å². The molecule has 4 nitrogen and oxygen atoms in total. The lowest BCUT2D eigenvalue weighted by Gasteiger charge is -2.41. The third-order valence-electron chi connectivity index (χ3n) is 5.14. The fourth-order valence-electron chi connectivity index (χ4n) is 3.58. The van der Waals surface area contributed by atoms with Crippen LogP contribution in [-0.2, 0) is 14.8 Å². The standard InChI is InChI=1S/C17H22ClNO3S/c18-14-5-7-16(8-6-14)23(20,21)19-15(9-12-1-2-12)10-22-11-17(19)13-3-4-13/h5-8,12-13,15,17H,1-4,9-11H2/t15-,17-/m1/s1. The van der Waals surface area contributed by atoms with Gasteiger partial charge >= 0.3 is 0 Å². The van der Waals surface area contributed by atoms with E-state index in [0.717, 1.165) is 19.3 Å². The fraction of sp³-hybridized carbons (Fsp3) is 0.647. The molecule has 4 rings (SSSR count). The Kier molecular flexibility index (Phi) is 4.16. The van der Waals surface area contributed by atoms with Crippen molar-refractivity contribution in [1.29, 1.82) is 0 Å². The zero-order chi connectivity index (χ0) is 16.0. The lowest BCUT2D eigenvalue weighted by atomic mass is 10.1. The number of nitrogens with zero attached hydrogens (tertiary/aromatic N) is 1. The summed E-state index contributed by atoms with van der Waals surface area (Å²) in [6.07, 6.45) is 5.59. The van der Waals surface area contributed by atoms with Crippen molar-refractivity contribution in [2.24, 2.45) is 11.8 Å². The SMILES string of the molecule is O=S(=O)(c1ccc(Cl)cc1)N1[C@H](CC2CC2)COC[C@@H]1C1CC1. The molecular formula is C17H22ClNO3S. The average molecular weight is 356 g/mol. The molecule has 0 N–H and O–H groups in total. The van der Waals surface area contributed by atoms with E-state index < -0.39 is 10.0 Å². The summed E-state index contributed by atoms with van der Waals surface area (Å²) in [5, 5.41) is 0.555. The van der Waals surface area contributed by atoms with Crippen molar-refractivity contribution in [3.8, 4) is 0 Å². The monoisotopic (exact) mass is 355 g/mol. The van der Waals surface area contributed by atoms with Gasteiger partial charge in [-0.15, -0.1) is 0 Å². The highest BCUT2D eigenvalue weighted by Crippen LogP contribution is 2.43. The molecule has 0 radical (unpaired) electrons. The summed E-state index contributed by atoms with van der Waals surface area (Å²) in [6, 6.07) is 6.50. The number of benzene rings is 1. The van der Waals surface area contributed by atoms with Gasteiger partial charge in [-0.3, -0.25) is 0 Å². The highest BCUT2D eigenvalue weighted by Gasteiger charge is 2.47. The first-order chi connectivity index (χ1) is 11.1. The maximum absolute atomic E-state index is 13.3. The van der Waals surface area contributed by atoms with Crippen LogP contribution >= 0.6 is 11.6 Å². The van der Waals surface area contributed by atoms with E-state index in [1.54, 1.807) is 28.6 Å². The number of morpholine rings is 1. The smallest absolute Gasteiger partial charge is 0.243 e. The molecule has 0 spiro atoms. The topological polar surface area (TPSA) is 46.6 Å². The predicted octanol–water partition coefficient (Wildman–Crippen LogP) is 3.31. The Morgan fingerprint density at radius 1 is 1.09 bits per heavy atom. The van der Waals surface area contributed by atoms with E-state index in [9.17, 15) is 8.42 Å². The zero-order valence-electron chi connectivity index (χ0n) is 13.0. The van der Waals surface area contributed by atoms with Gasteiger partial charge in [-0.2, -0.15) is 4.31 Å². The third-order valence-corrected chi connectivity index (χ3v) is 7.39. The Hall–Kier alpha value is -0.620. The van der Waals surface area contributed by atoms with Gasteiger partial charge in [0.2, 0.25) is 10.0 Å². The average Bonchev–Trinajstić information content (AvgIpc) is 3.41. The molecule has 2 atom stereocenters. The summed E-state index contributed by atoms with van der Waals surface area (Å²) in [5.41, 5.74) is 0. The van der Waals surface area contributed by atoms with E-state index in [1.807, 2.05) is 0 Å². The summed E-state index contributed by atoms with van der Waals surface area (Å²) in [4.78, 5) is 0.343. The molecule has 1 aromatic carbocycles. The largest absolute Gasteiger partial charge is 0.378 e. The first-order valence-corrected chi connectivity index (χ1v) is 10.2. The minimum absolute atomic E-state index is 0.00632. The maximum Gasteiger partial charge on any atom is 0.243 e. The van der Waals surface area contributed by atoms with Crippen molar-refractivity contribution in [3.05, 3.63) is 29.3 Å². The highest BCUT2D eigenvalue weighted by atomic mass is 35.5. The van der Waals surface area contributed by atoms with Gasteiger partial charge in [0.15, 0.2) is 0 Å². The number of ether oxygens (including phenoxy) is 1. The number of hydrogen-bond donors (Lipinski definition) is 0. The molecule has 126 valence electrons. The van der Waals surface area contributed by atoms with Gasteiger partial charge < -0.3 is 4.74 Å². The van der Waals surface area contributed by atoms with Crippen LogP contribution in [0.2, 0.25) is 5.02 Å². The molecule has 3 fully saturated rings. The Balaban J connectivity index is 1.68. The Labute approximate surface area is 142 Å². The second-order valence-corrected chi connectivity index (χ2v) is 9.34. The fourth-order valence-corrected chi connectivity index (χ4v) is 5.56. The van der Waals surface area contributed by atoms with Crippen LogP contribution in [-0.4, -0.2) is 38.0 Å². The summed E-state index contributed by atoms with van der Waals surface area (Å²) in [7, 11) is -3.51. The molecule has 0 bridgehead atoms. The third kappa shape index (κ3) is 3.29. The van der Waals surface area contributed by atoms with Crippen molar-refractivity contribution in [3.63, 3.8) is 0 Å². The molecule has 1 aromatic rings. The maximum atomic E-state index is 13.3. The van der Waals surface area contributed by atoms with Crippen molar-refractivity contribution in [2.45, 2.75) is 49.1 Å². The number of rotatable bonds is 5. The summed E-state index contributed by atoms with van der Waals surface area (Å²) in [5.74, 6) is 1.13. The summed E-state index contributed by atoms with van der Waals surface area (Å²) in [6.45, 7) is 1.05. The first kappa shape index (κ1) is 15.9. The van der Waals surface area contributed by atoms with Gasteiger partial charge in [-0.05, 0) is 55.4 Å². The molecule has 6 heteroatoms. The van der Waals surface area contributed by atoms with Gasteiger partial charge in [0.05, 0.1) is 24.2 Å². The minimum atomic E-state index is -3.51. The quantitative estimate of drug-likeness (QED) is 0.814. The molecule has 1 saturated heterocycles. The summed E-state index contributed by atoms with van der Waals surface area (Å²) < 4.78 is 34.1. The Morgan fingerprint density at radius 2 is 1.78 bits per heavy atom. The van der Waals surface area contributed by atoms with Crippen molar-refractivity contribution in [1.82, 2.24) is 4.31 Å². The van der Waals surface area contributed by atoms with Crippen LogP contribution in [0.25, 0.3) is 0 Å². The van der Waals surface area contributed by atoms with E-state index in [1.165, 1.54) is 12.8 Å². The lowest BCUT2D eigenvalue weighted by molar-refractivity contribution is -0.0173. The van der Waals surface area contributed by atoms with Gasteiger partial charge in [-0.25, -0.2) is 8.42 Å². The van der Waals surface area contributed by atoms with E-state index >= 15 is 0 Å². The lowest BCUT2D eigenvalue weighted by Crippen LogP contribution is -2.55.